The van der Waals surface area contributed by atoms with Gasteiger partial charge in [0.1, 0.15) is 0 Å². The second kappa shape index (κ2) is 4.06. The monoisotopic (exact) mass is 199 g/mol. The molecule has 2 atom stereocenters. The van der Waals surface area contributed by atoms with Gasteiger partial charge >= 0.3 is 0 Å². The van der Waals surface area contributed by atoms with Crippen molar-refractivity contribution in [3.8, 4) is 6.07 Å². The summed E-state index contributed by atoms with van der Waals surface area (Å²) in [6.45, 7) is 2.22. The fourth-order valence-electron chi connectivity index (χ4n) is 2.67. The summed E-state index contributed by atoms with van der Waals surface area (Å²) < 4.78 is 0. The van der Waals surface area contributed by atoms with Crippen LogP contribution in [0, 0.1) is 22.7 Å². The molecular weight excluding hydrogens is 182 g/mol. The van der Waals surface area contributed by atoms with Crippen LogP contribution in [-0.4, -0.2) is 0 Å². The Balaban J connectivity index is 2.20. The third-order valence-electron chi connectivity index (χ3n) is 3.79. The lowest BCUT2D eigenvalue weighted by molar-refractivity contribution is 0.305. The second-order valence-electron chi connectivity index (χ2n) is 4.72. The molecule has 0 aromatic heterocycles. The first-order valence-electron chi connectivity index (χ1n) is 5.72. The van der Waals surface area contributed by atoms with Gasteiger partial charge in [0.2, 0.25) is 0 Å². The Kier molecular flexibility index (Phi) is 2.77. The van der Waals surface area contributed by atoms with E-state index in [1.165, 1.54) is 18.4 Å². The highest BCUT2D eigenvalue weighted by Gasteiger charge is 2.40. The topological polar surface area (TPSA) is 23.8 Å². The number of benzene rings is 1. The van der Waals surface area contributed by atoms with Crippen LogP contribution in [0.1, 0.15) is 31.7 Å². The molecule has 1 saturated carbocycles. The number of hydrogen-bond acceptors (Lipinski definition) is 1. The molecule has 2 rings (SSSR count). The predicted octanol–water partition coefficient (Wildman–Crippen LogP) is 3.56. The van der Waals surface area contributed by atoms with E-state index in [1.807, 2.05) is 6.07 Å². The van der Waals surface area contributed by atoms with E-state index in [-0.39, 0.29) is 5.41 Å². The highest BCUT2D eigenvalue weighted by atomic mass is 14.5. The summed E-state index contributed by atoms with van der Waals surface area (Å²) in [5.41, 5.74) is 1.20. The van der Waals surface area contributed by atoms with Crippen LogP contribution in [0.5, 0.6) is 0 Å². The zero-order chi connectivity index (χ0) is 10.7. The summed E-state index contributed by atoms with van der Waals surface area (Å²) in [5, 5.41) is 9.40. The summed E-state index contributed by atoms with van der Waals surface area (Å²) in [5.74, 6) is 0.544. The summed E-state index contributed by atoms with van der Waals surface area (Å²) >= 11 is 0. The maximum Gasteiger partial charge on any atom is 0.0696 e. The molecule has 1 aliphatic carbocycles. The van der Waals surface area contributed by atoms with Crippen molar-refractivity contribution in [1.29, 1.82) is 5.26 Å². The fourth-order valence-corrected chi connectivity index (χ4v) is 2.67. The van der Waals surface area contributed by atoms with E-state index < -0.39 is 0 Å². The van der Waals surface area contributed by atoms with Gasteiger partial charge in [0, 0.05) is 0 Å². The van der Waals surface area contributed by atoms with Crippen molar-refractivity contribution in [1.82, 2.24) is 0 Å². The van der Waals surface area contributed by atoms with Crippen molar-refractivity contribution in [2.75, 3.05) is 0 Å². The Morgan fingerprint density at radius 2 is 2.13 bits per heavy atom. The van der Waals surface area contributed by atoms with Gasteiger partial charge in [0.15, 0.2) is 0 Å². The first-order chi connectivity index (χ1) is 7.27. The van der Waals surface area contributed by atoms with Crippen molar-refractivity contribution in [2.45, 2.75) is 32.6 Å². The SMILES string of the molecule is CC1CCCC1(C#N)Cc1ccccc1. The molecule has 1 fully saturated rings. The van der Waals surface area contributed by atoms with Gasteiger partial charge < -0.3 is 0 Å². The van der Waals surface area contributed by atoms with Gasteiger partial charge in [-0.3, -0.25) is 0 Å². The van der Waals surface area contributed by atoms with Gasteiger partial charge in [-0.05, 0) is 30.7 Å². The van der Waals surface area contributed by atoms with E-state index in [1.54, 1.807) is 0 Å². The molecule has 0 aliphatic heterocycles. The molecule has 0 saturated heterocycles. The van der Waals surface area contributed by atoms with Crippen molar-refractivity contribution in [2.24, 2.45) is 11.3 Å². The van der Waals surface area contributed by atoms with E-state index in [2.05, 4.69) is 37.3 Å². The van der Waals surface area contributed by atoms with Gasteiger partial charge in [0.25, 0.3) is 0 Å². The number of rotatable bonds is 2. The summed E-state index contributed by atoms with van der Waals surface area (Å²) in [4.78, 5) is 0. The van der Waals surface area contributed by atoms with Gasteiger partial charge in [-0.2, -0.15) is 5.26 Å². The molecule has 1 nitrogen and oxygen atoms in total. The normalized spacial score (nSPS) is 30.0. The molecule has 78 valence electrons. The van der Waals surface area contributed by atoms with E-state index >= 15 is 0 Å². The summed E-state index contributed by atoms with van der Waals surface area (Å²) in [7, 11) is 0. The fraction of sp³-hybridized carbons (Fsp3) is 0.500. The molecule has 1 heteroatoms. The number of nitriles is 1. The third kappa shape index (κ3) is 1.90. The van der Waals surface area contributed by atoms with Crippen LogP contribution >= 0.6 is 0 Å². The first-order valence-corrected chi connectivity index (χ1v) is 5.72. The van der Waals surface area contributed by atoms with Crippen molar-refractivity contribution < 1.29 is 0 Å². The molecule has 0 heterocycles. The van der Waals surface area contributed by atoms with Crippen LogP contribution in [0.3, 0.4) is 0 Å². The van der Waals surface area contributed by atoms with Gasteiger partial charge in [-0.1, -0.05) is 43.7 Å². The van der Waals surface area contributed by atoms with Gasteiger partial charge in [-0.25, -0.2) is 0 Å². The van der Waals surface area contributed by atoms with Crippen molar-refractivity contribution >= 4 is 0 Å². The largest absolute Gasteiger partial charge is 0.198 e. The molecule has 1 aromatic rings. The Morgan fingerprint density at radius 1 is 1.40 bits per heavy atom. The molecule has 2 unspecified atom stereocenters. The smallest absolute Gasteiger partial charge is 0.0696 e. The van der Waals surface area contributed by atoms with Crippen LogP contribution in [0.25, 0.3) is 0 Å². The second-order valence-corrected chi connectivity index (χ2v) is 4.72. The molecule has 0 amide bonds. The van der Waals surface area contributed by atoms with Crippen molar-refractivity contribution in [3.05, 3.63) is 35.9 Å². The zero-order valence-corrected chi connectivity index (χ0v) is 9.24. The molecule has 1 aliphatic rings. The average molecular weight is 199 g/mol. The standard InChI is InChI=1S/C14H17N/c1-12-6-5-9-14(12,11-15)10-13-7-3-2-4-8-13/h2-4,7-8,12H,5-6,9-10H2,1H3. The van der Waals surface area contributed by atoms with Crippen LogP contribution < -0.4 is 0 Å². The first kappa shape index (κ1) is 10.2. The Hall–Kier alpha value is -1.29. The number of hydrogen-bond donors (Lipinski definition) is 0. The van der Waals surface area contributed by atoms with Crippen LogP contribution in [0.2, 0.25) is 0 Å². The Bertz CT molecular complexity index is 363. The third-order valence-corrected chi connectivity index (χ3v) is 3.79. The van der Waals surface area contributed by atoms with Crippen LogP contribution in [-0.2, 0) is 6.42 Å². The minimum atomic E-state index is -0.0959. The highest BCUT2D eigenvalue weighted by Crippen LogP contribution is 2.44. The minimum Gasteiger partial charge on any atom is -0.198 e. The molecule has 1 aromatic carbocycles. The molecule has 0 N–H and O–H groups in total. The maximum atomic E-state index is 9.40. The van der Waals surface area contributed by atoms with Crippen LogP contribution in [0.4, 0.5) is 0 Å². The minimum absolute atomic E-state index is 0.0959. The average Bonchev–Trinajstić information content (AvgIpc) is 2.62. The van der Waals surface area contributed by atoms with Gasteiger partial charge in [0.05, 0.1) is 11.5 Å². The Labute approximate surface area is 91.7 Å². The number of nitrogens with zero attached hydrogens (tertiary/aromatic N) is 1. The van der Waals surface area contributed by atoms with Gasteiger partial charge in [-0.15, -0.1) is 0 Å². The predicted molar refractivity (Wildman–Crippen MR) is 61.2 cm³/mol. The highest BCUT2D eigenvalue weighted by molar-refractivity contribution is 5.20. The molecular formula is C14H17N. The lowest BCUT2D eigenvalue weighted by Crippen LogP contribution is -2.24. The zero-order valence-electron chi connectivity index (χ0n) is 9.24. The molecule has 0 radical (unpaired) electrons. The molecule has 15 heavy (non-hydrogen) atoms. The maximum absolute atomic E-state index is 9.40. The lowest BCUT2D eigenvalue weighted by atomic mass is 9.75. The summed E-state index contributed by atoms with van der Waals surface area (Å²) in [6, 6.07) is 13.0. The molecule has 0 bridgehead atoms. The summed E-state index contributed by atoms with van der Waals surface area (Å²) in [6.07, 6.45) is 4.41. The van der Waals surface area contributed by atoms with E-state index in [9.17, 15) is 5.26 Å². The lowest BCUT2D eigenvalue weighted by Gasteiger charge is -2.25. The molecule has 0 spiro atoms. The van der Waals surface area contributed by atoms with E-state index in [0.717, 1.165) is 12.8 Å². The van der Waals surface area contributed by atoms with E-state index in [0.29, 0.717) is 5.92 Å². The van der Waals surface area contributed by atoms with Crippen LogP contribution in [0.15, 0.2) is 30.3 Å². The quantitative estimate of drug-likeness (QED) is 0.714. The van der Waals surface area contributed by atoms with Crippen molar-refractivity contribution in [3.63, 3.8) is 0 Å². The Morgan fingerprint density at radius 3 is 2.67 bits per heavy atom. The van der Waals surface area contributed by atoms with E-state index in [4.69, 9.17) is 0 Å².